The maximum atomic E-state index is 12.7. The third-order valence-electron chi connectivity index (χ3n) is 8.84. The third kappa shape index (κ3) is 5.58. The van der Waals surface area contributed by atoms with Gasteiger partial charge in [-0.25, -0.2) is 0 Å². The van der Waals surface area contributed by atoms with Gasteiger partial charge in [0, 0.05) is 22.1 Å². The molecular weight excluding hydrogens is 636 g/mol. The van der Waals surface area contributed by atoms with Crippen LogP contribution in [0.1, 0.15) is 31.8 Å². The zero-order valence-electron chi connectivity index (χ0n) is 25.5. The molecule has 6 rings (SSSR count). The molecule has 1 aliphatic carbocycles. The fourth-order valence-corrected chi connectivity index (χ4v) is 6.32. The van der Waals surface area contributed by atoms with Crippen LogP contribution in [0.25, 0.3) is 21.9 Å². The zero-order chi connectivity index (χ0) is 34.8. The van der Waals surface area contributed by atoms with Gasteiger partial charge in [-0.1, -0.05) is 0 Å². The van der Waals surface area contributed by atoms with Crippen molar-refractivity contribution < 1.29 is 74.5 Å². The second-order valence-corrected chi connectivity index (χ2v) is 12.0. The van der Waals surface area contributed by atoms with Crippen molar-refractivity contribution in [3.05, 3.63) is 58.7 Å². The number of phenolic OH excluding ortho intramolecular Hbond substituents is 3. The van der Waals surface area contributed by atoms with Crippen LogP contribution in [0.15, 0.2) is 36.4 Å². The Kier molecular flexibility index (Phi) is 8.93. The van der Waals surface area contributed by atoms with Crippen LogP contribution in [-0.4, -0.2) is 126 Å². The van der Waals surface area contributed by atoms with Crippen LogP contribution < -0.4 is 4.74 Å². The van der Waals surface area contributed by atoms with Gasteiger partial charge in [0.1, 0.15) is 65.7 Å². The Bertz CT molecular complexity index is 1820. The van der Waals surface area contributed by atoms with Gasteiger partial charge in [0.05, 0.1) is 24.2 Å². The Morgan fingerprint density at radius 1 is 0.729 bits per heavy atom. The molecule has 48 heavy (non-hydrogen) atoms. The molecule has 15 nitrogen and oxygen atoms in total. The predicted octanol–water partition coefficient (Wildman–Crippen LogP) is -0.182. The first-order valence-electron chi connectivity index (χ1n) is 15.0. The number of allylic oxidation sites excluding steroid dienone is 2. The van der Waals surface area contributed by atoms with Crippen molar-refractivity contribution in [2.75, 3.05) is 13.2 Å². The third-order valence-corrected chi connectivity index (χ3v) is 8.84. The smallest absolute Gasteiger partial charge is 0.229 e. The van der Waals surface area contributed by atoms with E-state index in [1.165, 1.54) is 24.3 Å². The monoisotopic (exact) mass is 670 g/mol. The lowest BCUT2D eigenvalue weighted by molar-refractivity contribution is -0.307. The average Bonchev–Trinajstić information content (AvgIpc) is 3.04. The number of fused-ring (bicyclic) bond motifs is 2. The molecule has 2 aliphatic heterocycles. The minimum Gasteiger partial charge on any atom is -0.507 e. The number of ketones is 2. The summed E-state index contributed by atoms with van der Waals surface area (Å²) in [7, 11) is 0. The van der Waals surface area contributed by atoms with Gasteiger partial charge in [-0.15, -0.1) is 0 Å². The molecule has 0 spiro atoms. The van der Waals surface area contributed by atoms with Crippen molar-refractivity contribution >= 4 is 22.3 Å². The Balaban J connectivity index is 1.37. The zero-order valence-corrected chi connectivity index (χ0v) is 25.5. The molecule has 3 aromatic rings. The normalized spacial score (nSPS) is 30.5. The van der Waals surface area contributed by atoms with Crippen molar-refractivity contribution in [3.8, 4) is 34.1 Å². The van der Waals surface area contributed by atoms with E-state index in [1.54, 1.807) is 13.8 Å². The van der Waals surface area contributed by atoms with Crippen molar-refractivity contribution in [3.63, 3.8) is 0 Å². The molecule has 2 fully saturated rings. The number of carbonyl (C=O) groups excluding carboxylic acids is 2. The molecule has 0 bridgehead atoms. The maximum Gasteiger partial charge on any atom is 0.229 e. The van der Waals surface area contributed by atoms with E-state index in [-0.39, 0.29) is 51.1 Å². The Hall–Kier alpha value is -4.16. The molecule has 0 aromatic heterocycles. The van der Waals surface area contributed by atoms with Crippen molar-refractivity contribution in [2.45, 2.75) is 69.2 Å². The molecule has 9 atom stereocenters. The molecule has 0 radical (unpaired) electrons. The molecule has 0 amide bonds. The molecule has 3 aliphatic rings. The number of hydrogen-bond donors (Lipinski definition) is 9. The number of aromatic hydroxyl groups is 3. The van der Waals surface area contributed by atoms with Gasteiger partial charge in [0.25, 0.3) is 0 Å². The fourth-order valence-electron chi connectivity index (χ4n) is 6.32. The standard InChI is InChI=1S/C33H34O15/c1-11-7-13-14(34)3-4-15(35)23(13)28(41)22(11)21-12(2)8-17(37)24-19(6-5-16(36)25(21)24)47-33-31(44)29(42)27(40)20(48-33)10-46-32-30(43)26(39)18(38)9-45-32/h3-8,18,20,26-27,29-33,36-44H,9-10H2,1-2H3. The van der Waals surface area contributed by atoms with E-state index in [1.807, 2.05) is 0 Å². The number of aliphatic hydroxyl groups excluding tert-OH is 6. The number of aryl methyl sites for hydroxylation is 2. The predicted molar refractivity (Wildman–Crippen MR) is 163 cm³/mol. The Morgan fingerprint density at radius 3 is 2.12 bits per heavy atom. The first kappa shape index (κ1) is 33.7. The highest BCUT2D eigenvalue weighted by molar-refractivity contribution is 6.24. The number of ether oxygens (including phenoxy) is 4. The summed E-state index contributed by atoms with van der Waals surface area (Å²) in [6.45, 7) is 2.31. The summed E-state index contributed by atoms with van der Waals surface area (Å²) in [5.41, 5.74) is 0.843. The van der Waals surface area contributed by atoms with Crippen LogP contribution in [0.2, 0.25) is 0 Å². The van der Waals surface area contributed by atoms with E-state index in [0.29, 0.717) is 11.1 Å². The first-order chi connectivity index (χ1) is 22.7. The van der Waals surface area contributed by atoms with Crippen LogP contribution in [0, 0.1) is 13.8 Å². The molecule has 0 saturated carbocycles. The molecule has 256 valence electrons. The minimum absolute atomic E-state index is 0.0104. The topological polar surface area (TPSA) is 253 Å². The lowest BCUT2D eigenvalue weighted by Crippen LogP contribution is -2.61. The van der Waals surface area contributed by atoms with Gasteiger partial charge in [0.15, 0.2) is 17.9 Å². The number of benzene rings is 3. The molecule has 15 heteroatoms. The number of hydrogen-bond acceptors (Lipinski definition) is 15. The molecular formula is C33H34O15. The summed E-state index contributed by atoms with van der Waals surface area (Å²) in [4.78, 5) is 25.2. The van der Waals surface area contributed by atoms with Gasteiger partial charge in [-0.2, -0.15) is 0 Å². The van der Waals surface area contributed by atoms with Crippen LogP contribution >= 0.6 is 0 Å². The highest BCUT2D eigenvalue weighted by atomic mass is 16.7. The number of phenols is 3. The SMILES string of the molecule is Cc1cc2c(c(O)c1-c1c(C)cc(O)c3c(OC4OC(COC5OCC(O)C(O)C5O)C(O)C(O)C4O)ccc(O)c13)C(=O)C=CC2=O. The minimum atomic E-state index is -1.84. The first-order valence-corrected chi connectivity index (χ1v) is 15.0. The fraction of sp³-hybridized carbons (Fsp3) is 0.394. The molecule has 3 aromatic carbocycles. The van der Waals surface area contributed by atoms with Crippen molar-refractivity contribution in [2.24, 2.45) is 0 Å². The van der Waals surface area contributed by atoms with Gasteiger partial charge in [-0.05, 0) is 61.4 Å². The summed E-state index contributed by atoms with van der Waals surface area (Å²) >= 11 is 0. The summed E-state index contributed by atoms with van der Waals surface area (Å²) in [5.74, 6) is -2.50. The summed E-state index contributed by atoms with van der Waals surface area (Å²) < 4.78 is 22.3. The van der Waals surface area contributed by atoms with Crippen LogP contribution in [0.5, 0.6) is 23.0 Å². The maximum absolute atomic E-state index is 12.7. The summed E-state index contributed by atoms with van der Waals surface area (Å²) in [5, 5.41) is 95.2. The van der Waals surface area contributed by atoms with E-state index in [2.05, 4.69) is 0 Å². The average molecular weight is 671 g/mol. The second-order valence-electron chi connectivity index (χ2n) is 12.0. The van der Waals surface area contributed by atoms with E-state index in [0.717, 1.165) is 12.2 Å². The van der Waals surface area contributed by atoms with Crippen LogP contribution in [-0.2, 0) is 14.2 Å². The van der Waals surface area contributed by atoms with Crippen LogP contribution in [0.3, 0.4) is 0 Å². The number of aliphatic hydroxyl groups is 6. The van der Waals surface area contributed by atoms with Gasteiger partial charge in [0.2, 0.25) is 6.29 Å². The second kappa shape index (κ2) is 12.7. The lowest BCUT2D eigenvalue weighted by atomic mass is 9.84. The Morgan fingerprint density at radius 2 is 1.40 bits per heavy atom. The van der Waals surface area contributed by atoms with E-state index < -0.39 is 85.0 Å². The van der Waals surface area contributed by atoms with Gasteiger partial charge >= 0.3 is 0 Å². The Labute approximate surface area is 272 Å². The number of carbonyl (C=O) groups is 2. The van der Waals surface area contributed by atoms with Crippen molar-refractivity contribution in [1.29, 1.82) is 0 Å². The summed E-state index contributed by atoms with van der Waals surface area (Å²) in [6.07, 6.45) is -12.3. The highest BCUT2D eigenvalue weighted by Gasteiger charge is 2.46. The van der Waals surface area contributed by atoms with Crippen LogP contribution in [0.4, 0.5) is 0 Å². The van der Waals surface area contributed by atoms with Crippen molar-refractivity contribution in [1.82, 2.24) is 0 Å². The van der Waals surface area contributed by atoms with Gasteiger partial charge in [-0.3, -0.25) is 9.59 Å². The number of rotatable bonds is 6. The molecule has 9 N–H and O–H groups in total. The quantitative estimate of drug-likeness (QED) is 0.165. The van der Waals surface area contributed by atoms with Gasteiger partial charge < -0.3 is 64.9 Å². The van der Waals surface area contributed by atoms with E-state index >= 15 is 0 Å². The molecule has 2 saturated heterocycles. The van der Waals surface area contributed by atoms with E-state index in [9.17, 15) is 55.5 Å². The lowest BCUT2D eigenvalue weighted by Gasteiger charge is -2.41. The highest BCUT2D eigenvalue weighted by Crippen LogP contribution is 2.50. The molecule has 2 heterocycles. The summed E-state index contributed by atoms with van der Waals surface area (Å²) in [6, 6.07) is 5.24. The largest absolute Gasteiger partial charge is 0.507 e. The molecule has 9 unspecified atom stereocenters. The van der Waals surface area contributed by atoms with E-state index in [4.69, 9.17) is 18.9 Å².